The lowest BCUT2D eigenvalue weighted by Crippen LogP contribution is -2.48. The van der Waals surface area contributed by atoms with E-state index in [1.54, 1.807) is 0 Å². The van der Waals surface area contributed by atoms with Crippen molar-refractivity contribution in [1.82, 2.24) is 4.90 Å². The molecule has 3 N–H and O–H groups in total. The lowest BCUT2D eigenvalue weighted by Gasteiger charge is -2.32. The lowest BCUT2D eigenvalue weighted by atomic mass is 10.1. The maximum atomic E-state index is 13.1. The Labute approximate surface area is 109 Å². The molecule has 0 spiro atoms. The van der Waals surface area contributed by atoms with E-state index in [9.17, 15) is 8.78 Å². The zero-order chi connectivity index (χ0) is 13.8. The molecule has 1 saturated heterocycles. The first-order valence-electron chi connectivity index (χ1n) is 5.85. The van der Waals surface area contributed by atoms with Crippen LogP contribution < -0.4 is 5.73 Å². The van der Waals surface area contributed by atoms with Gasteiger partial charge >= 0.3 is 0 Å². The fourth-order valence-corrected chi connectivity index (χ4v) is 2.05. The van der Waals surface area contributed by atoms with Gasteiger partial charge in [0.2, 0.25) is 0 Å². The zero-order valence-corrected chi connectivity index (χ0v) is 10.2. The quantitative estimate of drug-likeness (QED) is 0.371. The summed E-state index contributed by atoms with van der Waals surface area (Å²) in [4.78, 5) is 1.93. The molecule has 1 aromatic rings. The van der Waals surface area contributed by atoms with Crippen molar-refractivity contribution in [2.24, 2.45) is 10.9 Å². The minimum atomic E-state index is -0.601. The van der Waals surface area contributed by atoms with Gasteiger partial charge in [-0.1, -0.05) is 5.16 Å². The van der Waals surface area contributed by atoms with Crippen LogP contribution in [0.1, 0.15) is 5.56 Å². The number of rotatable bonds is 3. The number of benzene rings is 1. The number of amidine groups is 1. The van der Waals surface area contributed by atoms with E-state index >= 15 is 0 Å². The van der Waals surface area contributed by atoms with Gasteiger partial charge in [-0.15, -0.1) is 0 Å². The molecule has 19 heavy (non-hydrogen) atoms. The van der Waals surface area contributed by atoms with Gasteiger partial charge in [-0.3, -0.25) is 4.90 Å². The van der Waals surface area contributed by atoms with Crippen LogP contribution in [0.4, 0.5) is 8.78 Å². The number of nitrogens with zero attached hydrogens (tertiary/aromatic N) is 2. The average molecular weight is 271 g/mol. The van der Waals surface area contributed by atoms with Crippen molar-refractivity contribution in [2.45, 2.75) is 12.6 Å². The van der Waals surface area contributed by atoms with Crippen molar-refractivity contribution in [3.05, 3.63) is 35.4 Å². The van der Waals surface area contributed by atoms with E-state index in [1.165, 1.54) is 12.1 Å². The minimum absolute atomic E-state index is 0.00452. The molecule has 0 radical (unpaired) electrons. The third kappa shape index (κ3) is 3.62. The number of ether oxygens (including phenoxy) is 1. The van der Waals surface area contributed by atoms with Crippen molar-refractivity contribution in [3.8, 4) is 0 Å². The Morgan fingerprint density at radius 3 is 2.74 bits per heavy atom. The SMILES string of the molecule is N/C(=N/O)C1CN(Cc2cc(F)cc(F)c2)CCO1. The number of hydrogen-bond donors (Lipinski definition) is 2. The highest BCUT2D eigenvalue weighted by Crippen LogP contribution is 2.13. The van der Waals surface area contributed by atoms with E-state index < -0.39 is 17.7 Å². The van der Waals surface area contributed by atoms with Gasteiger partial charge in [0.05, 0.1) is 6.61 Å². The van der Waals surface area contributed by atoms with Crippen LogP contribution in [0.15, 0.2) is 23.4 Å². The molecule has 1 aromatic carbocycles. The number of hydrogen-bond acceptors (Lipinski definition) is 4. The fourth-order valence-electron chi connectivity index (χ4n) is 2.05. The predicted molar refractivity (Wildman–Crippen MR) is 64.8 cm³/mol. The molecule has 0 aliphatic carbocycles. The molecule has 104 valence electrons. The van der Waals surface area contributed by atoms with E-state index in [4.69, 9.17) is 15.7 Å². The maximum absolute atomic E-state index is 13.1. The number of oxime groups is 1. The van der Waals surface area contributed by atoms with E-state index in [1.807, 2.05) is 4.90 Å². The topological polar surface area (TPSA) is 71.1 Å². The van der Waals surface area contributed by atoms with Gasteiger partial charge < -0.3 is 15.7 Å². The molecule has 1 fully saturated rings. The third-order valence-electron chi connectivity index (χ3n) is 2.92. The van der Waals surface area contributed by atoms with E-state index in [2.05, 4.69) is 5.16 Å². The van der Waals surface area contributed by atoms with Gasteiger partial charge in [0.15, 0.2) is 5.84 Å². The molecule has 5 nitrogen and oxygen atoms in total. The van der Waals surface area contributed by atoms with Crippen LogP contribution in [-0.4, -0.2) is 41.7 Å². The van der Waals surface area contributed by atoms with Crippen molar-refractivity contribution in [3.63, 3.8) is 0 Å². The van der Waals surface area contributed by atoms with Gasteiger partial charge in [-0.2, -0.15) is 0 Å². The van der Waals surface area contributed by atoms with E-state index in [0.29, 0.717) is 31.8 Å². The second-order valence-corrected chi connectivity index (χ2v) is 4.40. The minimum Gasteiger partial charge on any atom is -0.409 e. The first-order chi connectivity index (χ1) is 9.08. The van der Waals surface area contributed by atoms with Crippen LogP contribution in [0, 0.1) is 11.6 Å². The van der Waals surface area contributed by atoms with Gasteiger partial charge in [-0.05, 0) is 17.7 Å². The molecule has 1 aliphatic rings. The summed E-state index contributed by atoms with van der Waals surface area (Å²) in [5.74, 6) is -1.21. The Kier molecular flexibility index (Phi) is 4.28. The molecule has 0 saturated carbocycles. The standard InChI is InChI=1S/C12H15F2N3O2/c13-9-3-8(4-10(14)5-9)6-17-1-2-19-11(7-17)12(15)16-18/h3-5,11,18H,1-2,6-7H2,(H2,15,16). The smallest absolute Gasteiger partial charge is 0.169 e. The molecular formula is C12H15F2N3O2. The van der Waals surface area contributed by atoms with Crippen LogP contribution in [-0.2, 0) is 11.3 Å². The Morgan fingerprint density at radius 1 is 1.42 bits per heavy atom. The zero-order valence-electron chi connectivity index (χ0n) is 10.2. The van der Waals surface area contributed by atoms with Crippen molar-refractivity contribution < 1.29 is 18.7 Å². The van der Waals surface area contributed by atoms with Crippen molar-refractivity contribution in [1.29, 1.82) is 0 Å². The molecule has 1 atom stereocenters. The highest BCUT2D eigenvalue weighted by Gasteiger charge is 2.24. The van der Waals surface area contributed by atoms with Crippen LogP contribution in [0.2, 0.25) is 0 Å². The molecule has 0 amide bonds. The Bertz CT molecular complexity index is 462. The largest absolute Gasteiger partial charge is 0.409 e. The normalized spacial score (nSPS) is 21.6. The third-order valence-corrected chi connectivity index (χ3v) is 2.92. The number of nitrogens with two attached hydrogens (primary N) is 1. The average Bonchev–Trinajstić information content (AvgIpc) is 2.37. The first kappa shape index (κ1) is 13.7. The molecular weight excluding hydrogens is 256 g/mol. The summed E-state index contributed by atoms with van der Waals surface area (Å²) in [6.45, 7) is 1.83. The van der Waals surface area contributed by atoms with Crippen LogP contribution in [0.25, 0.3) is 0 Å². The Hall–Kier alpha value is -1.73. The summed E-state index contributed by atoms with van der Waals surface area (Å²) in [6.07, 6.45) is -0.503. The van der Waals surface area contributed by atoms with Gasteiger partial charge in [0.1, 0.15) is 17.7 Å². The lowest BCUT2D eigenvalue weighted by molar-refractivity contribution is 0.00136. The van der Waals surface area contributed by atoms with Gasteiger partial charge in [0, 0.05) is 25.7 Å². The molecule has 1 aliphatic heterocycles. The number of morpholine rings is 1. The van der Waals surface area contributed by atoms with Crippen molar-refractivity contribution in [2.75, 3.05) is 19.7 Å². The highest BCUT2D eigenvalue weighted by molar-refractivity contribution is 5.84. The summed E-state index contributed by atoms with van der Waals surface area (Å²) in [6, 6.07) is 3.41. The summed E-state index contributed by atoms with van der Waals surface area (Å²) >= 11 is 0. The monoisotopic (exact) mass is 271 g/mol. The Balaban J connectivity index is 2.02. The van der Waals surface area contributed by atoms with E-state index in [0.717, 1.165) is 6.07 Å². The summed E-state index contributed by atoms with van der Waals surface area (Å²) in [7, 11) is 0. The number of halogens is 2. The molecule has 2 rings (SSSR count). The molecule has 0 aromatic heterocycles. The summed E-state index contributed by atoms with van der Waals surface area (Å²) < 4.78 is 31.5. The van der Waals surface area contributed by atoms with Gasteiger partial charge in [-0.25, -0.2) is 8.78 Å². The maximum Gasteiger partial charge on any atom is 0.169 e. The van der Waals surface area contributed by atoms with Gasteiger partial charge in [0.25, 0.3) is 0 Å². The highest BCUT2D eigenvalue weighted by atomic mass is 19.1. The fraction of sp³-hybridized carbons (Fsp3) is 0.417. The summed E-state index contributed by atoms with van der Waals surface area (Å²) in [5.41, 5.74) is 6.02. The van der Waals surface area contributed by atoms with E-state index in [-0.39, 0.29) is 5.84 Å². The van der Waals surface area contributed by atoms with Crippen LogP contribution in [0.3, 0.4) is 0 Å². The molecule has 0 bridgehead atoms. The first-order valence-corrected chi connectivity index (χ1v) is 5.85. The van der Waals surface area contributed by atoms with Crippen LogP contribution in [0.5, 0.6) is 0 Å². The Morgan fingerprint density at radius 2 is 2.11 bits per heavy atom. The second kappa shape index (κ2) is 5.94. The molecule has 1 unspecified atom stereocenters. The predicted octanol–water partition coefficient (Wildman–Crippen LogP) is 0.912. The second-order valence-electron chi connectivity index (χ2n) is 4.40. The van der Waals surface area contributed by atoms with Crippen LogP contribution >= 0.6 is 0 Å². The van der Waals surface area contributed by atoms with Crippen molar-refractivity contribution >= 4 is 5.84 Å². The molecule has 1 heterocycles. The summed E-state index contributed by atoms with van der Waals surface area (Å²) in [5, 5.41) is 11.5. The molecule has 7 heteroatoms.